The number of hydrogen-bond donors (Lipinski definition) is 2. The van der Waals surface area contributed by atoms with Gasteiger partial charge in [0, 0.05) is 19.3 Å². The summed E-state index contributed by atoms with van der Waals surface area (Å²) in [6, 6.07) is 0.368. The highest BCUT2D eigenvalue weighted by Gasteiger charge is 2.04. The van der Waals surface area contributed by atoms with Gasteiger partial charge in [-0.05, 0) is 6.42 Å². The SMILES string of the molecule is CCC(COC)Nc1cn[nH]c1. The zero-order chi connectivity index (χ0) is 8.81. The molecule has 1 heterocycles. The molecule has 0 saturated heterocycles. The van der Waals surface area contributed by atoms with Crippen molar-refractivity contribution >= 4 is 5.69 Å². The Balaban J connectivity index is 2.37. The van der Waals surface area contributed by atoms with Gasteiger partial charge in [-0.1, -0.05) is 6.92 Å². The normalized spacial score (nSPS) is 12.8. The molecule has 0 radical (unpaired) electrons. The predicted octanol–water partition coefficient (Wildman–Crippen LogP) is 1.25. The highest BCUT2D eigenvalue weighted by Crippen LogP contribution is 2.05. The van der Waals surface area contributed by atoms with Crippen LogP contribution in [0.4, 0.5) is 5.69 Å². The highest BCUT2D eigenvalue weighted by molar-refractivity contribution is 5.38. The number of nitrogens with zero attached hydrogens (tertiary/aromatic N) is 1. The molecule has 0 spiro atoms. The van der Waals surface area contributed by atoms with E-state index in [-0.39, 0.29) is 0 Å². The van der Waals surface area contributed by atoms with Crippen molar-refractivity contribution in [3.63, 3.8) is 0 Å². The number of aromatic nitrogens is 2. The standard InChI is InChI=1S/C8H15N3O/c1-3-7(6-12-2)11-8-4-9-10-5-8/h4-5,7,11H,3,6H2,1-2H3,(H,9,10). The lowest BCUT2D eigenvalue weighted by atomic mass is 10.2. The average molecular weight is 169 g/mol. The Kier molecular flexibility index (Phi) is 3.60. The first-order chi connectivity index (χ1) is 5.86. The van der Waals surface area contributed by atoms with Gasteiger partial charge in [-0.2, -0.15) is 5.10 Å². The lowest BCUT2D eigenvalue weighted by molar-refractivity contribution is 0.184. The fourth-order valence-corrected chi connectivity index (χ4v) is 1.03. The van der Waals surface area contributed by atoms with Crippen LogP contribution in [0.5, 0.6) is 0 Å². The first kappa shape index (κ1) is 9.06. The van der Waals surface area contributed by atoms with E-state index < -0.39 is 0 Å². The number of H-pyrrole nitrogens is 1. The summed E-state index contributed by atoms with van der Waals surface area (Å²) in [6.45, 7) is 2.85. The van der Waals surface area contributed by atoms with Gasteiger partial charge in [0.15, 0.2) is 0 Å². The van der Waals surface area contributed by atoms with Crippen molar-refractivity contribution in [3.05, 3.63) is 12.4 Å². The zero-order valence-electron chi connectivity index (χ0n) is 7.50. The van der Waals surface area contributed by atoms with Crippen LogP contribution in [0.2, 0.25) is 0 Å². The van der Waals surface area contributed by atoms with E-state index in [4.69, 9.17) is 4.74 Å². The number of rotatable bonds is 5. The van der Waals surface area contributed by atoms with Gasteiger partial charge in [0.1, 0.15) is 0 Å². The molecule has 0 aliphatic rings. The van der Waals surface area contributed by atoms with Crippen molar-refractivity contribution in [3.8, 4) is 0 Å². The third-order valence-corrected chi connectivity index (χ3v) is 1.73. The van der Waals surface area contributed by atoms with Gasteiger partial charge in [0.25, 0.3) is 0 Å². The maximum Gasteiger partial charge on any atom is 0.0726 e. The van der Waals surface area contributed by atoms with Gasteiger partial charge in [0.2, 0.25) is 0 Å². The van der Waals surface area contributed by atoms with Gasteiger partial charge in [0.05, 0.1) is 18.5 Å². The molecule has 12 heavy (non-hydrogen) atoms. The maximum atomic E-state index is 5.05. The molecule has 1 atom stereocenters. The van der Waals surface area contributed by atoms with Crippen LogP contribution in [0, 0.1) is 0 Å². The molecule has 0 fully saturated rings. The van der Waals surface area contributed by atoms with E-state index in [2.05, 4.69) is 22.4 Å². The molecule has 0 aliphatic heterocycles. The van der Waals surface area contributed by atoms with E-state index in [1.54, 1.807) is 13.3 Å². The van der Waals surface area contributed by atoms with Crippen molar-refractivity contribution in [2.45, 2.75) is 19.4 Å². The maximum absolute atomic E-state index is 5.05. The summed E-state index contributed by atoms with van der Waals surface area (Å²) < 4.78 is 5.05. The summed E-state index contributed by atoms with van der Waals surface area (Å²) in [7, 11) is 1.71. The summed E-state index contributed by atoms with van der Waals surface area (Å²) >= 11 is 0. The van der Waals surface area contributed by atoms with Crippen LogP contribution in [0.25, 0.3) is 0 Å². The summed E-state index contributed by atoms with van der Waals surface area (Å²) in [4.78, 5) is 0. The van der Waals surface area contributed by atoms with E-state index in [0.717, 1.165) is 18.7 Å². The minimum Gasteiger partial charge on any atom is -0.383 e. The van der Waals surface area contributed by atoms with E-state index in [1.165, 1.54) is 0 Å². The van der Waals surface area contributed by atoms with Gasteiger partial charge in [-0.25, -0.2) is 0 Å². The van der Waals surface area contributed by atoms with Crippen LogP contribution in [0.3, 0.4) is 0 Å². The summed E-state index contributed by atoms with van der Waals surface area (Å²) in [5.41, 5.74) is 1.01. The molecule has 0 saturated carbocycles. The van der Waals surface area contributed by atoms with Crippen LogP contribution >= 0.6 is 0 Å². The first-order valence-electron chi connectivity index (χ1n) is 4.11. The van der Waals surface area contributed by atoms with Crippen molar-refractivity contribution < 1.29 is 4.74 Å². The lowest BCUT2D eigenvalue weighted by Gasteiger charge is -2.15. The van der Waals surface area contributed by atoms with E-state index in [9.17, 15) is 0 Å². The highest BCUT2D eigenvalue weighted by atomic mass is 16.5. The Morgan fingerprint density at radius 2 is 2.58 bits per heavy atom. The van der Waals surface area contributed by atoms with Crippen molar-refractivity contribution in [1.82, 2.24) is 10.2 Å². The van der Waals surface area contributed by atoms with Crippen LogP contribution in [0.1, 0.15) is 13.3 Å². The molecular formula is C8H15N3O. The molecular weight excluding hydrogens is 154 g/mol. The number of aromatic amines is 1. The second kappa shape index (κ2) is 4.77. The Labute approximate surface area is 72.3 Å². The van der Waals surface area contributed by atoms with Gasteiger partial charge >= 0.3 is 0 Å². The third kappa shape index (κ3) is 2.54. The van der Waals surface area contributed by atoms with E-state index in [1.807, 2.05) is 6.20 Å². The van der Waals surface area contributed by atoms with Crippen molar-refractivity contribution in [2.24, 2.45) is 0 Å². The second-order valence-corrected chi connectivity index (χ2v) is 2.69. The number of ether oxygens (including phenoxy) is 1. The van der Waals surface area contributed by atoms with Crippen LogP contribution in [-0.4, -0.2) is 30.0 Å². The minimum absolute atomic E-state index is 0.368. The fraction of sp³-hybridized carbons (Fsp3) is 0.625. The molecule has 2 N–H and O–H groups in total. The Bertz CT molecular complexity index is 198. The van der Waals surface area contributed by atoms with Crippen LogP contribution in [-0.2, 0) is 4.74 Å². The molecule has 0 bridgehead atoms. The van der Waals surface area contributed by atoms with Gasteiger partial charge < -0.3 is 10.1 Å². The molecule has 0 aromatic carbocycles. The number of methoxy groups -OCH3 is 1. The summed E-state index contributed by atoms with van der Waals surface area (Å²) in [6.07, 6.45) is 4.63. The summed E-state index contributed by atoms with van der Waals surface area (Å²) in [5, 5.41) is 9.88. The molecule has 1 rings (SSSR count). The topological polar surface area (TPSA) is 49.9 Å². The number of nitrogens with one attached hydrogen (secondary N) is 2. The van der Waals surface area contributed by atoms with Gasteiger partial charge in [-0.15, -0.1) is 0 Å². The molecule has 0 amide bonds. The number of hydrogen-bond acceptors (Lipinski definition) is 3. The Hall–Kier alpha value is -1.03. The molecule has 4 nitrogen and oxygen atoms in total. The monoisotopic (exact) mass is 169 g/mol. The zero-order valence-corrected chi connectivity index (χ0v) is 7.50. The second-order valence-electron chi connectivity index (χ2n) is 2.69. The smallest absolute Gasteiger partial charge is 0.0726 e. The Morgan fingerprint density at radius 1 is 1.75 bits per heavy atom. The third-order valence-electron chi connectivity index (χ3n) is 1.73. The molecule has 4 heteroatoms. The predicted molar refractivity (Wildman–Crippen MR) is 48.2 cm³/mol. The quantitative estimate of drug-likeness (QED) is 0.697. The average Bonchev–Trinajstić information content (AvgIpc) is 2.56. The fourth-order valence-electron chi connectivity index (χ4n) is 1.03. The molecule has 1 unspecified atom stereocenters. The summed E-state index contributed by atoms with van der Waals surface area (Å²) in [5.74, 6) is 0. The largest absolute Gasteiger partial charge is 0.383 e. The molecule has 1 aromatic rings. The van der Waals surface area contributed by atoms with E-state index in [0.29, 0.717) is 6.04 Å². The minimum atomic E-state index is 0.368. The first-order valence-corrected chi connectivity index (χ1v) is 4.11. The molecule has 0 aliphatic carbocycles. The molecule has 68 valence electrons. The number of anilines is 1. The lowest BCUT2D eigenvalue weighted by Crippen LogP contribution is -2.23. The van der Waals surface area contributed by atoms with Crippen molar-refractivity contribution in [1.29, 1.82) is 0 Å². The van der Waals surface area contributed by atoms with Crippen LogP contribution < -0.4 is 5.32 Å². The Morgan fingerprint density at radius 3 is 3.08 bits per heavy atom. The van der Waals surface area contributed by atoms with Crippen molar-refractivity contribution in [2.75, 3.05) is 19.0 Å². The van der Waals surface area contributed by atoms with Gasteiger partial charge in [-0.3, -0.25) is 5.10 Å². The van der Waals surface area contributed by atoms with E-state index >= 15 is 0 Å². The molecule has 1 aromatic heterocycles. The van der Waals surface area contributed by atoms with Crippen LogP contribution in [0.15, 0.2) is 12.4 Å².